The molecule has 12 heteroatoms. The number of rotatable bonds is 4. The number of thiazole rings is 1. The van der Waals surface area contributed by atoms with Crippen molar-refractivity contribution in [2.45, 2.75) is 25.8 Å². The highest BCUT2D eigenvalue weighted by molar-refractivity contribution is 7.21. The smallest absolute Gasteiger partial charge is 0.411 e. The Kier molecular flexibility index (Phi) is 5.07. The average molecular weight is 493 g/mol. The van der Waals surface area contributed by atoms with Gasteiger partial charge in [-0.05, 0) is 39.4 Å². The summed E-state index contributed by atoms with van der Waals surface area (Å²) in [6.07, 6.45) is 6.98. The minimum absolute atomic E-state index is 0.248. The number of aromatic nitrogens is 6. The van der Waals surface area contributed by atoms with Crippen LogP contribution in [-0.4, -0.2) is 66.6 Å². The fraction of sp³-hybridized carbons (Fsp3) is 0.348. The number of likely N-dealkylation sites (N-methyl/N-ethyl adjacent to an activating group) is 1. The molecule has 0 aliphatic carbocycles. The van der Waals surface area contributed by atoms with Crippen molar-refractivity contribution in [3.8, 4) is 10.4 Å². The first kappa shape index (κ1) is 21.7. The molecule has 0 radical (unpaired) electrons. The van der Waals surface area contributed by atoms with Crippen LogP contribution in [0.5, 0.6) is 0 Å². The van der Waals surface area contributed by atoms with Gasteiger partial charge in [0.1, 0.15) is 27.9 Å². The normalized spacial score (nSPS) is 16.6. The summed E-state index contributed by atoms with van der Waals surface area (Å²) in [4.78, 5) is 36.6. The van der Waals surface area contributed by atoms with Crippen molar-refractivity contribution in [1.82, 2.24) is 34.3 Å². The largest absolute Gasteiger partial charge is 0.448 e. The van der Waals surface area contributed by atoms with Crippen LogP contribution in [0.25, 0.3) is 37.2 Å². The van der Waals surface area contributed by atoms with Crippen molar-refractivity contribution < 1.29 is 9.53 Å². The molecule has 1 aliphatic heterocycles. The Morgan fingerprint density at radius 1 is 1.29 bits per heavy atom. The third-order valence-corrected chi connectivity index (χ3v) is 7.63. The number of pyridine rings is 2. The number of hydrogen-bond acceptors (Lipinski definition) is 8. The summed E-state index contributed by atoms with van der Waals surface area (Å²) in [6.45, 7) is 3.31. The van der Waals surface area contributed by atoms with E-state index in [2.05, 4.69) is 30.4 Å². The van der Waals surface area contributed by atoms with Gasteiger partial charge in [0.25, 0.3) is 5.56 Å². The summed E-state index contributed by atoms with van der Waals surface area (Å²) in [6, 6.07) is 1.92. The molecule has 0 aromatic carbocycles. The average Bonchev–Trinajstić information content (AvgIpc) is 3.55. The number of carbonyl (C=O) groups excluding carboxylic acids is 1. The van der Waals surface area contributed by atoms with Crippen molar-refractivity contribution in [2.75, 3.05) is 25.5 Å². The predicted molar refractivity (Wildman–Crippen MR) is 134 cm³/mol. The number of aryl methyl sites for hydroxylation is 2. The monoisotopic (exact) mass is 492 g/mol. The lowest BCUT2D eigenvalue weighted by molar-refractivity contribution is 0.127. The zero-order chi connectivity index (χ0) is 24.3. The molecule has 5 aromatic rings. The molecule has 1 fully saturated rings. The van der Waals surface area contributed by atoms with Crippen LogP contribution in [0.1, 0.15) is 18.5 Å². The highest BCUT2D eigenvalue weighted by Gasteiger charge is 2.23. The predicted octanol–water partition coefficient (Wildman–Crippen LogP) is 3.14. The number of nitrogens with one attached hydrogen (secondary N) is 2. The molecule has 35 heavy (non-hydrogen) atoms. The van der Waals surface area contributed by atoms with Gasteiger partial charge < -0.3 is 14.6 Å². The Hall–Kier alpha value is -3.77. The molecular weight excluding hydrogens is 468 g/mol. The van der Waals surface area contributed by atoms with E-state index in [1.54, 1.807) is 21.5 Å². The molecule has 6 heterocycles. The van der Waals surface area contributed by atoms with E-state index in [-0.39, 0.29) is 11.6 Å². The second kappa shape index (κ2) is 8.17. The lowest BCUT2D eigenvalue weighted by atomic mass is 10.2. The number of anilines is 1. The van der Waals surface area contributed by atoms with Crippen molar-refractivity contribution in [3.63, 3.8) is 0 Å². The van der Waals surface area contributed by atoms with Gasteiger partial charge in [-0.25, -0.2) is 9.31 Å². The van der Waals surface area contributed by atoms with E-state index < -0.39 is 6.09 Å². The number of hydrogen-bond donors (Lipinski definition) is 2. The standard InChI is InChI=1S/C23H24N8O3S/c1-12-15(9-30(3)27-12)17-10-31-22(35-17)18-20(28-31)19-16(26-21(18)32)7-13(8-24-19)25-23(33)34-11-14-5-4-6-29(14)2/h7-10,14H,4-6,11H2,1-3H3,(H,25,33)(H,26,32)/t14-/m0/s1. The number of likely N-dealkylation sites (tertiary alicyclic amines) is 1. The molecule has 0 bridgehead atoms. The molecular formula is C23H24N8O3S. The van der Waals surface area contributed by atoms with Gasteiger partial charge in [-0.3, -0.25) is 19.8 Å². The van der Waals surface area contributed by atoms with Gasteiger partial charge in [0.05, 0.1) is 28.0 Å². The van der Waals surface area contributed by atoms with Crippen LogP contribution in [0.3, 0.4) is 0 Å². The van der Waals surface area contributed by atoms with Gasteiger partial charge >= 0.3 is 6.09 Å². The molecule has 11 nitrogen and oxygen atoms in total. The van der Waals surface area contributed by atoms with E-state index in [0.717, 1.165) is 40.4 Å². The van der Waals surface area contributed by atoms with Crippen LogP contribution in [0, 0.1) is 6.92 Å². The number of ether oxygens (including phenoxy) is 1. The third-order valence-electron chi connectivity index (χ3n) is 6.50. The summed E-state index contributed by atoms with van der Waals surface area (Å²) in [5.74, 6) is 0. The zero-order valence-corrected chi connectivity index (χ0v) is 20.3. The van der Waals surface area contributed by atoms with Gasteiger partial charge in [0.2, 0.25) is 0 Å². The SMILES string of the molecule is Cc1nn(C)cc1-c1cn2nc3c4ncc(NC(=O)OC[C@@H]5CCCN5C)cc4[nH]c(=O)c3c2s1. The Labute approximate surface area is 203 Å². The number of nitrogens with zero attached hydrogens (tertiary/aromatic N) is 6. The van der Waals surface area contributed by atoms with Gasteiger partial charge in [-0.15, -0.1) is 11.3 Å². The Morgan fingerprint density at radius 3 is 2.89 bits per heavy atom. The molecule has 0 saturated carbocycles. The van der Waals surface area contributed by atoms with E-state index in [1.165, 1.54) is 11.3 Å². The molecule has 0 unspecified atom stereocenters. The Balaban J connectivity index is 1.30. The van der Waals surface area contributed by atoms with Crippen molar-refractivity contribution >= 4 is 49.9 Å². The van der Waals surface area contributed by atoms with Gasteiger partial charge in [0, 0.05) is 31.0 Å². The van der Waals surface area contributed by atoms with E-state index in [1.807, 2.05) is 33.4 Å². The molecule has 6 rings (SSSR count). The first-order valence-corrected chi connectivity index (χ1v) is 12.2. The van der Waals surface area contributed by atoms with Crippen LogP contribution < -0.4 is 10.9 Å². The maximum atomic E-state index is 13.0. The maximum absolute atomic E-state index is 13.0. The fourth-order valence-electron chi connectivity index (χ4n) is 4.70. The van der Waals surface area contributed by atoms with Crippen LogP contribution in [0.4, 0.5) is 10.5 Å². The van der Waals surface area contributed by atoms with Crippen LogP contribution in [0.2, 0.25) is 0 Å². The summed E-state index contributed by atoms with van der Waals surface area (Å²) in [5, 5.41) is 12.2. The zero-order valence-electron chi connectivity index (χ0n) is 19.5. The molecule has 1 aliphatic rings. The molecule has 5 aromatic heterocycles. The fourth-order valence-corrected chi connectivity index (χ4v) is 5.85. The third kappa shape index (κ3) is 3.74. The number of fused-ring (bicyclic) bond motifs is 5. The summed E-state index contributed by atoms with van der Waals surface area (Å²) >= 11 is 1.49. The summed E-state index contributed by atoms with van der Waals surface area (Å²) in [7, 11) is 3.91. The Morgan fingerprint density at radius 2 is 2.14 bits per heavy atom. The number of carbonyl (C=O) groups is 1. The molecule has 180 valence electrons. The van der Waals surface area contributed by atoms with E-state index in [4.69, 9.17) is 4.74 Å². The number of amides is 1. The quantitative estimate of drug-likeness (QED) is 0.395. The van der Waals surface area contributed by atoms with Gasteiger partial charge in [0.15, 0.2) is 0 Å². The van der Waals surface area contributed by atoms with E-state index >= 15 is 0 Å². The second-order valence-corrected chi connectivity index (χ2v) is 9.98. The molecule has 1 saturated heterocycles. The van der Waals surface area contributed by atoms with Crippen molar-refractivity contribution in [3.05, 3.63) is 40.7 Å². The summed E-state index contributed by atoms with van der Waals surface area (Å²) < 4.78 is 8.87. The molecule has 2 N–H and O–H groups in total. The second-order valence-electron chi connectivity index (χ2n) is 8.95. The van der Waals surface area contributed by atoms with Crippen LogP contribution in [0.15, 0.2) is 29.5 Å². The van der Waals surface area contributed by atoms with Gasteiger partial charge in [-0.2, -0.15) is 10.2 Å². The minimum Gasteiger partial charge on any atom is -0.448 e. The molecule has 1 amide bonds. The highest BCUT2D eigenvalue weighted by Crippen LogP contribution is 2.34. The minimum atomic E-state index is -0.546. The van der Waals surface area contributed by atoms with Crippen molar-refractivity contribution in [1.29, 1.82) is 0 Å². The van der Waals surface area contributed by atoms with Gasteiger partial charge in [-0.1, -0.05) is 0 Å². The first-order valence-electron chi connectivity index (χ1n) is 11.4. The first-order chi connectivity index (χ1) is 16.9. The van der Waals surface area contributed by atoms with E-state index in [0.29, 0.717) is 34.2 Å². The van der Waals surface area contributed by atoms with E-state index in [9.17, 15) is 9.59 Å². The number of aromatic amines is 1. The maximum Gasteiger partial charge on any atom is 0.411 e. The van der Waals surface area contributed by atoms with Crippen LogP contribution in [-0.2, 0) is 11.8 Å². The number of H-pyrrole nitrogens is 1. The Bertz CT molecular complexity index is 1660. The molecule has 0 spiro atoms. The lowest BCUT2D eigenvalue weighted by Crippen LogP contribution is -2.31. The highest BCUT2D eigenvalue weighted by atomic mass is 32.1. The summed E-state index contributed by atoms with van der Waals surface area (Å²) in [5.41, 5.74) is 3.66. The topological polar surface area (TPSA) is 122 Å². The van der Waals surface area contributed by atoms with Crippen LogP contribution >= 0.6 is 11.3 Å². The molecule has 1 atom stereocenters. The lowest BCUT2D eigenvalue weighted by Gasteiger charge is -2.19. The van der Waals surface area contributed by atoms with Crippen molar-refractivity contribution in [2.24, 2.45) is 7.05 Å².